The molecule has 2 aromatic carbocycles. The van der Waals surface area contributed by atoms with Gasteiger partial charge in [0.15, 0.2) is 0 Å². The predicted molar refractivity (Wildman–Crippen MR) is 131 cm³/mol. The average Bonchev–Trinajstić information content (AvgIpc) is 3.18. The van der Waals surface area contributed by atoms with E-state index in [2.05, 4.69) is 25.3 Å². The van der Waals surface area contributed by atoms with Gasteiger partial charge in [-0.2, -0.15) is 0 Å². The Hall–Kier alpha value is -3.45. The fourth-order valence-corrected chi connectivity index (χ4v) is 4.45. The first-order valence-electron chi connectivity index (χ1n) is 11.3. The van der Waals surface area contributed by atoms with Crippen LogP contribution in [-0.4, -0.2) is 33.2 Å². The molecule has 1 atom stereocenters. The Balaban J connectivity index is 1.98. The number of methoxy groups -OCH3 is 1. The molecule has 1 unspecified atom stereocenters. The molecule has 0 aliphatic rings. The van der Waals surface area contributed by atoms with E-state index < -0.39 is 5.97 Å². The number of hydrogen-bond donors (Lipinski definition) is 1. The maximum atomic E-state index is 13.8. The maximum absolute atomic E-state index is 13.8. The van der Waals surface area contributed by atoms with Crippen molar-refractivity contribution in [1.82, 2.24) is 14.1 Å². The van der Waals surface area contributed by atoms with Gasteiger partial charge >= 0.3 is 5.97 Å². The van der Waals surface area contributed by atoms with Crippen molar-refractivity contribution in [2.24, 2.45) is 11.7 Å². The molecule has 2 heterocycles. The molecule has 0 saturated heterocycles. The third kappa shape index (κ3) is 4.28. The molecule has 0 radical (unpaired) electrons. The quantitative estimate of drug-likeness (QED) is 0.430. The number of rotatable bonds is 7. The Morgan fingerprint density at radius 2 is 1.91 bits per heavy atom. The Morgan fingerprint density at radius 1 is 1.15 bits per heavy atom. The third-order valence-corrected chi connectivity index (χ3v) is 5.94. The van der Waals surface area contributed by atoms with E-state index in [4.69, 9.17) is 15.5 Å². The Kier molecular flexibility index (Phi) is 6.33. The summed E-state index contributed by atoms with van der Waals surface area (Å²) >= 11 is 0. The minimum atomic E-state index is -0.461. The number of carbonyl (C=O) groups is 1. The van der Waals surface area contributed by atoms with Gasteiger partial charge < -0.3 is 19.6 Å². The van der Waals surface area contributed by atoms with E-state index in [1.54, 1.807) is 22.8 Å². The van der Waals surface area contributed by atoms with Crippen LogP contribution in [0.15, 0.2) is 53.5 Å². The zero-order valence-corrected chi connectivity index (χ0v) is 19.5. The summed E-state index contributed by atoms with van der Waals surface area (Å²) in [6, 6.07) is 12.9. The molecular weight excluding hydrogens is 416 g/mol. The highest BCUT2D eigenvalue weighted by Crippen LogP contribution is 2.29. The second kappa shape index (κ2) is 9.19. The van der Waals surface area contributed by atoms with E-state index in [1.165, 1.54) is 7.11 Å². The molecule has 0 aliphatic heterocycles. The van der Waals surface area contributed by atoms with E-state index >= 15 is 0 Å². The van der Waals surface area contributed by atoms with Crippen LogP contribution in [0.5, 0.6) is 0 Å². The molecule has 7 heteroatoms. The number of para-hydroxylation sites is 1. The summed E-state index contributed by atoms with van der Waals surface area (Å²) in [4.78, 5) is 30.7. The van der Waals surface area contributed by atoms with Gasteiger partial charge in [0.2, 0.25) is 0 Å². The fourth-order valence-electron chi connectivity index (χ4n) is 4.45. The summed E-state index contributed by atoms with van der Waals surface area (Å²) in [5.41, 5.74) is 10.0. The summed E-state index contributed by atoms with van der Waals surface area (Å²) < 4.78 is 8.65. The lowest BCUT2D eigenvalue weighted by atomic mass is 10.0. The molecule has 33 heavy (non-hydrogen) atoms. The van der Waals surface area contributed by atoms with Crippen molar-refractivity contribution in [3.8, 4) is 11.3 Å². The highest BCUT2D eigenvalue weighted by molar-refractivity contribution is 5.97. The van der Waals surface area contributed by atoms with Crippen LogP contribution in [0.25, 0.3) is 33.2 Å². The van der Waals surface area contributed by atoms with Crippen molar-refractivity contribution in [1.29, 1.82) is 0 Å². The molecule has 2 N–H and O–H groups in total. The molecule has 0 saturated carbocycles. The fraction of sp³-hybridized carbons (Fsp3) is 0.346. The van der Waals surface area contributed by atoms with Gasteiger partial charge in [0.25, 0.3) is 5.56 Å². The molecule has 0 spiro atoms. The number of esters is 1. The van der Waals surface area contributed by atoms with Crippen molar-refractivity contribution in [2.45, 2.75) is 46.3 Å². The van der Waals surface area contributed by atoms with Crippen molar-refractivity contribution in [3.63, 3.8) is 0 Å². The highest BCUT2D eigenvalue weighted by Gasteiger charge is 2.20. The number of hydrogen-bond acceptors (Lipinski definition) is 5. The minimum absolute atomic E-state index is 0.208. The summed E-state index contributed by atoms with van der Waals surface area (Å²) in [5.74, 6) is -0.0612. The first kappa shape index (κ1) is 22.7. The van der Waals surface area contributed by atoms with Crippen LogP contribution < -0.4 is 11.3 Å². The van der Waals surface area contributed by atoms with Crippen LogP contribution in [0.2, 0.25) is 0 Å². The largest absolute Gasteiger partial charge is 0.465 e. The molecular formula is C26H30N4O3. The van der Waals surface area contributed by atoms with E-state index in [0.29, 0.717) is 34.8 Å². The normalized spacial score (nSPS) is 12.5. The molecule has 7 nitrogen and oxygen atoms in total. The standard InChI is InChI=1S/C26H30N4O3/c1-5-29-15-20(19-8-6-7-9-22(19)29)24-25(31)30(14-18(27)12-16(2)3)23-13-17(26(32)33-4)10-11-21(23)28-24/h6-11,13,15-16,18H,5,12,14,27H2,1-4H3. The van der Waals surface area contributed by atoms with Crippen LogP contribution in [0.4, 0.5) is 0 Å². The number of carbonyl (C=O) groups excluding carboxylic acids is 1. The summed E-state index contributed by atoms with van der Waals surface area (Å²) in [5, 5.41) is 0.979. The number of fused-ring (bicyclic) bond motifs is 2. The molecule has 4 rings (SSSR count). The van der Waals surface area contributed by atoms with E-state index in [9.17, 15) is 9.59 Å². The lowest BCUT2D eigenvalue weighted by Crippen LogP contribution is -2.34. The lowest BCUT2D eigenvalue weighted by molar-refractivity contribution is 0.0601. The minimum Gasteiger partial charge on any atom is -0.465 e. The van der Waals surface area contributed by atoms with Crippen LogP contribution in [-0.2, 0) is 17.8 Å². The van der Waals surface area contributed by atoms with Crippen molar-refractivity contribution in [2.75, 3.05) is 7.11 Å². The van der Waals surface area contributed by atoms with Gasteiger partial charge in [-0.05, 0) is 43.5 Å². The van der Waals surface area contributed by atoms with E-state index in [0.717, 1.165) is 29.4 Å². The van der Waals surface area contributed by atoms with Crippen molar-refractivity contribution in [3.05, 3.63) is 64.6 Å². The van der Waals surface area contributed by atoms with Gasteiger partial charge in [0.05, 0.1) is 23.7 Å². The van der Waals surface area contributed by atoms with Gasteiger partial charge in [-0.1, -0.05) is 32.0 Å². The molecule has 0 amide bonds. The van der Waals surface area contributed by atoms with E-state index in [-0.39, 0.29) is 11.6 Å². The molecule has 0 fully saturated rings. The zero-order valence-electron chi connectivity index (χ0n) is 19.5. The topological polar surface area (TPSA) is 92.1 Å². The second-order valence-electron chi connectivity index (χ2n) is 8.81. The first-order valence-corrected chi connectivity index (χ1v) is 11.3. The van der Waals surface area contributed by atoms with Gasteiger partial charge in [-0.25, -0.2) is 9.78 Å². The number of benzene rings is 2. The number of aromatic nitrogens is 3. The molecule has 2 aromatic heterocycles. The molecule has 4 aromatic rings. The Morgan fingerprint density at radius 3 is 2.61 bits per heavy atom. The third-order valence-electron chi connectivity index (χ3n) is 5.94. The van der Waals surface area contributed by atoms with Crippen molar-refractivity contribution >= 4 is 27.9 Å². The smallest absolute Gasteiger partial charge is 0.337 e. The number of ether oxygens (including phenoxy) is 1. The average molecular weight is 447 g/mol. The van der Waals surface area contributed by atoms with Crippen LogP contribution >= 0.6 is 0 Å². The Bertz CT molecular complexity index is 1380. The van der Waals surface area contributed by atoms with E-state index in [1.807, 2.05) is 30.5 Å². The monoisotopic (exact) mass is 446 g/mol. The van der Waals surface area contributed by atoms with Crippen LogP contribution in [0.1, 0.15) is 37.6 Å². The van der Waals surface area contributed by atoms with Crippen LogP contribution in [0, 0.1) is 5.92 Å². The zero-order chi connectivity index (χ0) is 23.7. The summed E-state index contributed by atoms with van der Waals surface area (Å²) in [7, 11) is 1.34. The predicted octanol–water partition coefficient (Wildman–Crippen LogP) is 4.20. The van der Waals surface area contributed by atoms with Gasteiger partial charge in [-0.3, -0.25) is 4.79 Å². The van der Waals surface area contributed by atoms with Gasteiger partial charge in [0, 0.05) is 41.8 Å². The molecule has 0 bridgehead atoms. The lowest BCUT2D eigenvalue weighted by Gasteiger charge is -2.18. The molecule has 172 valence electrons. The SMILES string of the molecule is CCn1cc(-c2nc3ccc(C(=O)OC)cc3n(CC(N)CC(C)C)c2=O)c2ccccc21. The number of nitrogens with two attached hydrogens (primary N) is 1. The molecule has 0 aliphatic carbocycles. The van der Waals surface area contributed by atoms with Gasteiger partial charge in [0.1, 0.15) is 5.69 Å². The van der Waals surface area contributed by atoms with Crippen molar-refractivity contribution < 1.29 is 9.53 Å². The summed E-state index contributed by atoms with van der Waals surface area (Å²) in [6.07, 6.45) is 2.76. The maximum Gasteiger partial charge on any atom is 0.337 e. The highest BCUT2D eigenvalue weighted by atomic mass is 16.5. The van der Waals surface area contributed by atoms with Crippen LogP contribution in [0.3, 0.4) is 0 Å². The number of aryl methyl sites for hydroxylation is 1. The first-order chi connectivity index (χ1) is 15.8. The number of nitrogens with zero attached hydrogens (tertiary/aromatic N) is 3. The second-order valence-corrected chi connectivity index (χ2v) is 8.81. The summed E-state index contributed by atoms with van der Waals surface area (Å²) in [6.45, 7) is 7.40. The Labute approximate surface area is 192 Å². The van der Waals surface area contributed by atoms with Gasteiger partial charge in [-0.15, -0.1) is 0 Å².